The number of hydrogen-bond acceptors (Lipinski definition) is 6. The normalized spacial score (nSPS) is 17.2. The standard InChI is InChI=1S/C14H10N2O3S/c1-7-4-9(8-2-3-18-6-8)11-12(17)10(5-15)13(16)19-14(11)20-7/h2-4,6,9H,16H2,1H3/t9-/m0/s1. The molecule has 6 heteroatoms. The minimum Gasteiger partial charge on any atom is -0.472 e. The summed E-state index contributed by atoms with van der Waals surface area (Å²) < 4.78 is 10.5. The summed E-state index contributed by atoms with van der Waals surface area (Å²) in [6.45, 7) is 1.93. The van der Waals surface area contributed by atoms with Crippen LogP contribution < -0.4 is 11.2 Å². The number of hydrogen-bond donors (Lipinski definition) is 1. The van der Waals surface area contributed by atoms with Gasteiger partial charge in [0, 0.05) is 11.5 Å². The van der Waals surface area contributed by atoms with E-state index in [9.17, 15) is 4.79 Å². The van der Waals surface area contributed by atoms with Crippen LogP contribution in [0.4, 0.5) is 5.88 Å². The Morgan fingerprint density at radius 1 is 1.50 bits per heavy atom. The lowest BCUT2D eigenvalue weighted by atomic mass is 9.93. The molecule has 0 bridgehead atoms. The molecule has 0 fully saturated rings. The fraction of sp³-hybridized carbons (Fsp3) is 0.143. The van der Waals surface area contributed by atoms with E-state index in [2.05, 4.69) is 0 Å². The Labute approximate surface area is 118 Å². The van der Waals surface area contributed by atoms with Crippen molar-refractivity contribution in [2.75, 3.05) is 5.73 Å². The molecule has 0 aliphatic carbocycles. The van der Waals surface area contributed by atoms with Gasteiger partial charge in [-0.3, -0.25) is 4.79 Å². The minimum atomic E-state index is -0.381. The second kappa shape index (κ2) is 4.62. The summed E-state index contributed by atoms with van der Waals surface area (Å²) in [5, 5.41) is 9.48. The van der Waals surface area contributed by atoms with E-state index in [1.807, 2.05) is 13.0 Å². The number of nitrogens with zero attached hydrogens (tertiary/aromatic N) is 1. The van der Waals surface area contributed by atoms with Gasteiger partial charge in [0.2, 0.25) is 11.3 Å². The molecule has 100 valence electrons. The van der Waals surface area contributed by atoms with Gasteiger partial charge in [0.05, 0.1) is 18.1 Å². The summed E-state index contributed by atoms with van der Waals surface area (Å²) in [7, 11) is 0. The van der Waals surface area contributed by atoms with Gasteiger partial charge >= 0.3 is 0 Å². The maximum Gasteiger partial charge on any atom is 0.213 e. The zero-order valence-corrected chi connectivity index (χ0v) is 11.4. The van der Waals surface area contributed by atoms with Crippen molar-refractivity contribution < 1.29 is 8.83 Å². The second-order valence-corrected chi connectivity index (χ2v) is 5.62. The van der Waals surface area contributed by atoms with Crippen molar-refractivity contribution in [3.8, 4) is 6.07 Å². The zero-order valence-electron chi connectivity index (χ0n) is 10.5. The van der Waals surface area contributed by atoms with Crippen LogP contribution in [0.1, 0.15) is 29.5 Å². The van der Waals surface area contributed by atoms with Gasteiger partial charge in [-0.1, -0.05) is 17.8 Å². The number of rotatable bonds is 1. The average molecular weight is 286 g/mol. The first-order valence-electron chi connectivity index (χ1n) is 5.86. The summed E-state index contributed by atoms with van der Waals surface area (Å²) >= 11 is 1.33. The topological polar surface area (TPSA) is 93.2 Å². The van der Waals surface area contributed by atoms with Crippen molar-refractivity contribution in [3.63, 3.8) is 0 Å². The fourth-order valence-corrected chi connectivity index (χ4v) is 3.17. The average Bonchev–Trinajstić information content (AvgIpc) is 2.91. The highest BCUT2D eigenvalue weighted by Gasteiger charge is 2.29. The number of thioether (sulfide) groups is 1. The lowest BCUT2D eigenvalue weighted by Crippen LogP contribution is -2.20. The van der Waals surface area contributed by atoms with Crippen molar-refractivity contribution in [2.24, 2.45) is 0 Å². The smallest absolute Gasteiger partial charge is 0.213 e. The Hall–Kier alpha value is -2.39. The number of nitrogens with two attached hydrogens (primary N) is 1. The Bertz CT molecular complexity index is 797. The van der Waals surface area contributed by atoms with Crippen LogP contribution in [-0.2, 0) is 0 Å². The summed E-state index contributed by atoms with van der Waals surface area (Å²) in [5.74, 6) is -0.418. The first-order valence-corrected chi connectivity index (χ1v) is 6.68. The minimum absolute atomic E-state index is 0.135. The molecule has 3 heterocycles. The van der Waals surface area contributed by atoms with Gasteiger partial charge in [-0.2, -0.15) is 5.26 Å². The van der Waals surface area contributed by atoms with E-state index >= 15 is 0 Å². The third-order valence-corrected chi connectivity index (χ3v) is 4.07. The molecule has 5 nitrogen and oxygen atoms in total. The molecule has 0 saturated carbocycles. The first kappa shape index (κ1) is 12.6. The van der Waals surface area contributed by atoms with Crippen LogP contribution in [0.15, 0.2) is 48.3 Å². The molecule has 1 atom stereocenters. The molecular weight excluding hydrogens is 276 g/mol. The number of fused-ring (bicyclic) bond motifs is 1. The van der Waals surface area contributed by atoms with Gasteiger partial charge in [-0.25, -0.2) is 0 Å². The van der Waals surface area contributed by atoms with Gasteiger partial charge in [-0.05, 0) is 17.9 Å². The monoisotopic (exact) mass is 286 g/mol. The van der Waals surface area contributed by atoms with Crippen LogP contribution in [0.3, 0.4) is 0 Å². The molecule has 0 spiro atoms. The Morgan fingerprint density at radius 2 is 2.30 bits per heavy atom. The molecule has 20 heavy (non-hydrogen) atoms. The van der Waals surface area contributed by atoms with Crippen molar-refractivity contribution in [1.82, 2.24) is 0 Å². The largest absolute Gasteiger partial charge is 0.472 e. The third kappa shape index (κ3) is 1.84. The molecule has 2 aromatic rings. The number of allylic oxidation sites excluding steroid dienone is 2. The number of nitrogen functional groups attached to an aromatic ring is 1. The van der Waals surface area contributed by atoms with Crippen LogP contribution in [-0.4, -0.2) is 0 Å². The van der Waals surface area contributed by atoms with E-state index in [4.69, 9.17) is 19.8 Å². The van der Waals surface area contributed by atoms with Crippen LogP contribution >= 0.6 is 11.8 Å². The molecule has 1 aliphatic heterocycles. The highest BCUT2D eigenvalue weighted by atomic mass is 32.2. The van der Waals surface area contributed by atoms with Gasteiger partial charge in [0.1, 0.15) is 6.07 Å². The molecule has 2 N–H and O–H groups in total. The SMILES string of the molecule is CC1=C[C@@H](c2ccoc2)c2c(oc(N)c(C#N)c2=O)S1. The summed E-state index contributed by atoms with van der Waals surface area (Å²) in [6, 6.07) is 3.59. The maximum atomic E-state index is 12.4. The lowest BCUT2D eigenvalue weighted by molar-refractivity contribution is 0.457. The van der Waals surface area contributed by atoms with Gasteiger partial charge in [0.25, 0.3) is 0 Å². The van der Waals surface area contributed by atoms with Gasteiger partial charge in [-0.15, -0.1) is 0 Å². The fourth-order valence-electron chi connectivity index (χ4n) is 2.21. The molecule has 2 aromatic heterocycles. The zero-order chi connectivity index (χ0) is 14.3. The van der Waals surface area contributed by atoms with Crippen molar-refractivity contribution in [1.29, 1.82) is 5.26 Å². The Balaban J connectivity index is 2.30. The van der Waals surface area contributed by atoms with Crippen LogP contribution in [0, 0.1) is 11.3 Å². The summed E-state index contributed by atoms with van der Waals surface area (Å²) in [6.07, 6.45) is 5.08. The van der Waals surface area contributed by atoms with Crippen molar-refractivity contribution >= 4 is 17.6 Å². The molecule has 0 aromatic carbocycles. The predicted octanol–water partition coefficient (Wildman–Crippen LogP) is 2.83. The number of nitriles is 1. The molecule has 0 saturated heterocycles. The second-order valence-electron chi connectivity index (χ2n) is 4.40. The van der Waals surface area contributed by atoms with Crippen LogP contribution in [0.25, 0.3) is 0 Å². The first-order chi connectivity index (χ1) is 9.61. The van der Waals surface area contributed by atoms with Crippen molar-refractivity contribution in [3.05, 3.63) is 56.5 Å². The highest BCUT2D eigenvalue weighted by Crippen LogP contribution is 2.42. The predicted molar refractivity (Wildman–Crippen MR) is 74.3 cm³/mol. The van der Waals surface area contributed by atoms with Gasteiger partial charge < -0.3 is 14.6 Å². The quantitative estimate of drug-likeness (QED) is 0.866. The number of anilines is 1. The van der Waals surface area contributed by atoms with Crippen LogP contribution in [0.2, 0.25) is 0 Å². The Kier molecular flexibility index (Phi) is 2.92. The van der Waals surface area contributed by atoms with Gasteiger partial charge in [0.15, 0.2) is 10.7 Å². The molecule has 0 unspecified atom stereocenters. The van der Waals surface area contributed by atoms with E-state index in [0.29, 0.717) is 10.7 Å². The van der Waals surface area contributed by atoms with E-state index in [-0.39, 0.29) is 22.8 Å². The maximum absolute atomic E-state index is 12.4. The highest BCUT2D eigenvalue weighted by molar-refractivity contribution is 8.03. The molecule has 1 aliphatic rings. The van der Waals surface area contributed by atoms with E-state index in [1.54, 1.807) is 24.7 Å². The third-order valence-electron chi connectivity index (χ3n) is 3.12. The van der Waals surface area contributed by atoms with E-state index < -0.39 is 0 Å². The Morgan fingerprint density at radius 3 is 2.95 bits per heavy atom. The lowest BCUT2D eigenvalue weighted by Gasteiger charge is -2.20. The molecule has 0 amide bonds. The van der Waals surface area contributed by atoms with Crippen LogP contribution in [0.5, 0.6) is 0 Å². The van der Waals surface area contributed by atoms with Crippen molar-refractivity contribution in [2.45, 2.75) is 17.9 Å². The molecule has 0 radical (unpaired) electrons. The van der Waals surface area contributed by atoms with E-state index in [0.717, 1.165) is 10.5 Å². The summed E-state index contributed by atoms with van der Waals surface area (Å²) in [5.41, 5.74) is 6.37. The van der Waals surface area contributed by atoms with E-state index in [1.165, 1.54) is 11.8 Å². The summed E-state index contributed by atoms with van der Waals surface area (Å²) in [4.78, 5) is 13.4. The molecule has 3 rings (SSSR count). The molecular formula is C14H10N2O3S. The number of furan rings is 1.